The molecule has 1 amide bonds. The van der Waals surface area contributed by atoms with Crippen molar-refractivity contribution in [1.82, 2.24) is 10.6 Å². The summed E-state index contributed by atoms with van der Waals surface area (Å²) in [6.45, 7) is 8.17. The molecule has 2 atom stereocenters. The Labute approximate surface area is 132 Å². The minimum absolute atomic E-state index is 0.168. The fraction of sp³-hybridized carbons (Fsp3) is 0.588. The van der Waals surface area contributed by atoms with E-state index in [4.69, 9.17) is 10.5 Å². The Balaban J connectivity index is 1.82. The molecule has 2 unspecified atom stereocenters. The second-order valence-electron chi connectivity index (χ2n) is 7.00. The first-order valence-corrected chi connectivity index (χ1v) is 7.86. The van der Waals surface area contributed by atoms with Crippen molar-refractivity contribution in [2.24, 2.45) is 0 Å². The summed E-state index contributed by atoms with van der Waals surface area (Å²) in [5.41, 5.74) is 8.82. The topological polar surface area (TPSA) is 76.4 Å². The highest BCUT2D eigenvalue weighted by Gasteiger charge is 2.24. The summed E-state index contributed by atoms with van der Waals surface area (Å²) in [6.07, 6.45) is 1.74. The van der Waals surface area contributed by atoms with Crippen molar-refractivity contribution in [2.75, 3.05) is 12.3 Å². The van der Waals surface area contributed by atoms with Gasteiger partial charge in [0.25, 0.3) is 0 Å². The lowest BCUT2D eigenvalue weighted by atomic mass is 10.1. The number of aryl methyl sites for hydroxylation is 1. The molecule has 1 aromatic rings. The molecule has 22 heavy (non-hydrogen) atoms. The smallest absolute Gasteiger partial charge is 0.407 e. The average molecular weight is 305 g/mol. The molecule has 0 spiro atoms. The van der Waals surface area contributed by atoms with Crippen molar-refractivity contribution in [3.8, 4) is 0 Å². The molecule has 4 N–H and O–H groups in total. The van der Waals surface area contributed by atoms with E-state index in [1.54, 1.807) is 0 Å². The van der Waals surface area contributed by atoms with Gasteiger partial charge in [0.2, 0.25) is 0 Å². The molecule has 0 heterocycles. The van der Waals surface area contributed by atoms with Gasteiger partial charge >= 0.3 is 6.09 Å². The number of fused-ring (bicyclic) bond motifs is 1. The van der Waals surface area contributed by atoms with Crippen molar-refractivity contribution in [2.45, 2.75) is 58.2 Å². The van der Waals surface area contributed by atoms with Crippen LogP contribution in [0.4, 0.5) is 10.5 Å². The monoisotopic (exact) mass is 305 g/mol. The second-order valence-corrected chi connectivity index (χ2v) is 7.00. The SMILES string of the molecule is CC(CNC(=O)OC(C)(C)C)NC1CCc2cc(N)ccc21. The number of alkyl carbamates (subject to hydrolysis) is 1. The van der Waals surface area contributed by atoms with E-state index in [-0.39, 0.29) is 12.1 Å². The molecule has 0 aliphatic heterocycles. The standard InChI is InChI=1S/C17H27N3O2/c1-11(10-19-16(21)22-17(2,3)4)20-15-8-5-12-9-13(18)6-7-14(12)15/h6-7,9,11,15,20H,5,8,10,18H2,1-4H3,(H,19,21). The number of carbonyl (C=O) groups excluding carboxylic acids is 1. The number of nitrogens with two attached hydrogens (primary N) is 1. The first-order valence-electron chi connectivity index (χ1n) is 7.86. The van der Waals surface area contributed by atoms with Crippen LogP contribution >= 0.6 is 0 Å². The van der Waals surface area contributed by atoms with E-state index in [1.807, 2.05) is 26.8 Å². The second kappa shape index (κ2) is 6.57. The maximum Gasteiger partial charge on any atom is 0.407 e. The zero-order valence-corrected chi connectivity index (χ0v) is 13.9. The first kappa shape index (κ1) is 16.6. The summed E-state index contributed by atoms with van der Waals surface area (Å²) in [4.78, 5) is 11.7. The Hall–Kier alpha value is -1.75. The van der Waals surface area contributed by atoms with Gasteiger partial charge in [0.15, 0.2) is 0 Å². The Morgan fingerprint density at radius 1 is 1.45 bits per heavy atom. The third-order valence-corrected chi connectivity index (χ3v) is 3.68. The van der Waals surface area contributed by atoms with Gasteiger partial charge in [0.1, 0.15) is 5.60 Å². The van der Waals surface area contributed by atoms with Crippen LogP contribution in [0.15, 0.2) is 18.2 Å². The van der Waals surface area contributed by atoms with Crippen molar-refractivity contribution < 1.29 is 9.53 Å². The number of benzene rings is 1. The Bertz CT molecular complexity index is 537. The number of rotatable bonds is 4. The highest BCUT2D eigenvalue weighted by molar-refractivity contribution is 5.67. The molecule has 0 saturated heterocycles. The highest BCUT2D eigenvalue weighted by Crippen LogP contribution is 2.32. The summed E-state index contributed by atoms with van der Waals surface area (Å²) >= 11 is 0. The minimum atomic E-state index is -0.467. The van der Waals surface area contributed by atoms with Crippen LogP contribution in [0.2, 0.25) is 0 Å². The number of amides is 1. The van der Waals surface area contributed by atoms with Crippen molar-refractivity contribution in [3.63, 3.8) is 0 Å². The molecule has 5 heteroatoms. The first-order chi connectivity index (χ1) is 10.2. The van der Waals surface area contributed by atoms with Gasteiger partial charge in [-0.15, -0.1) is 0 Å². The number of nitrogen functional groups attached to an aromatic ring is 1. The molecule has 0 aromatic heterocycles. The molecule has 1 aromatic carbocycles. The molecule has 1 aliphatic carbocycles. The number of hydrogen-bond donors (Lipinski definition) is 3. The largest absolute Gasteiger partial charge is 0.444 e. The van der Waals surface area contributed by atoms with E-state index in [9.17, 15) is 4.79 Å². The van der Waals surface area contributed by atoms with Gasteiger partial charge in [-0.3, -0.25) is 0 Å². The van der Waals surface area contributed by atoms with Crippen molar-refractivity contribution in [1.29, 1.82) is 0 Å². The lowest BCUT2D eigenvalue weighted by Gasteiger charge is -2.23. The number of carbonyl (C=O) groups is 1. The van der Waals surface area contributed by atoms with Crippen LogP contribution < -0.4 is 16.4 Å². The average Bonchev–Trinajstić information content (AvgIpc) is 2.77. The van der Waals surface area contributed by atoms with Crippen LogP contribution in [0, 0.1) is 0 Å². The zero-order valence-electron chi connectivity index (χ0n) is 13.9. The number of nitrogens with one attached hydrogen (secondary N) is 2. The molecular weight excluding hydrogens is 278 g/mol. The Kier molecular flexibility index (Phi) is 4.96. The molecular formula is C17H27N3O2. The highest BCUT2D eigenvalue weighted by atomic mass is 16.6. The summed E-state index contributed by atoms with van der Waals surface area (Å²) in [7, 11) is 0. The van der Waals surface area contributed by atoms with Gasteiger partial charge in [-0.25, -0.2) is 4.79 Å². The Morgan fingerprint density at radius 3 is 2.86 bits per heavy atom. The fourth-order valence-electron chi connectivity index (χ4n) is 2.76. The summed E-state index contributed by atoms with van der Waals surface area (Å²) < 4.78 is 5.24. The van der Waals surface area contributed by atoms with Crippen LogP contribution in [0.3, 0.4) is 0 Å². The van der Waals surface area contributed by atoms with Crippen LogP contribution in [0.5, 0.6) is 0 Å². The van der Waals surface area contributed by atoms with E-state index in [2.05, 4.69) is 29.7 Å². The minimum Gasteiger partial charge on any atom is -0.444 e. The summed E-state index contributed by atoms with van der Waals surface area (Å²) in [5.74, 6) is 0. The van der Waals surface area contributed by atoms with Crippen LogP contribution in [-0.2, 0) is 11.2 Å². The van der Waals surface area contributed by atoms with Gasteiger partial charge in [-0.05, 0) is 63.8 Å². The van der Waals surface area contributed by atoms with Crippen LogP contribution in [-0.4, -0.2) is 24.3 Å². The molecule has 0 saturated carbocycles. The van der Waals surface area contributed by atoms with Gasteiger partial charge in [-0.2, -0.15) is 0 Å². The predicted molar refractivity (Wildman–Crippen MR) is 88.8 cm³/mol. The molecule has 0 fully saturated rings. The lowest BCUT2D eigenvalue weighted by molar-refractivity contribution is 0.0522. The van der Waals surface area contributed by atoms with Gasteiger partial charge < -0.3 is 21.1 Å². The number of anilines is 1. The lowest BCUT2D eigenvalue weighted by Crippen LogP contribution is -2.42. The van der Waals surface area contributed by atoms with Crippen molar-refractivity contribution in [3.05, 3.63) is 29.3 Å². The predicted octanol–water partition coefficient (Wildman–Crippen LogP) is 2.76. The molecule has 0 bridgehead atoms. The molecule has 1 aliphatic rings. The van der Waals surface area contributed by atoms with Gasteiger partial charge in [0, 0.05) is 24.3 Å². The zero-order chi connectivity index (χ0) is 16.3. The Morgan fingerprint density at radius 2 is 2.18 bits per heavy atom. The molecule has 5 nitrogen and oxygen atoms in total. The number of ether oxygens (including phenoxy) is 1. The van der Waals surface area contributed by atoms with Gasteiger partial charge in [-0.1, -0.05) is 6.07 Å². The summed E-state index contributed by atoms with van der Waals surface area (Å²) in [6, 6.07) is 6.60. The number of hydrogen-bond acceptors (Lipinski definition) is 4. The van der Waals surface area contributed by atoms with E-state index >= 15 is 0 Å². The molecule has 122 valence electrons. The van der Waals surface area contributed by atoms with Crippen LogP contribution in [0.1, 0.15) is 51.3 Å². The third kappa shape index (κ3) is 4.63. The van der Waals surface area contributed by atoms with Crippen molar-refractivity contribution >= 4 is 11.8 Å². The molecule has 2 rings (SSSR count). The maximum atomic E-state index is 11.7. The van der Waals surface area contributed by atoms with E-state index in [1.165, 1.54) is 11.1 Å². The van der Waals surface area contributed by atoms with E-state index < -0.39 is 5.60 Å². The molecule has 0 radical (unpaired) electrons. The van der Waals surface area contributed by atoms with E-state index in [0.29, 0.717) is 12.6 Å². The normalized spacial score (nSPS) is 18.6. The fourth-order valence-corrected chi connectivity index (χ4v) is 2.76. The quantitative estimate of drug-likeness (QED) is 0.748. The summed E-state index contributed by atoms with van der Waals surface area (Å²) in [5, 5.41) is 6.36. The van der Waals surface area contributed by atoms with Gasteiger partial charge in [0.05, 0.1) is 0 Å². The maximum absolute atomic E-state index is 11.7. The third-order valence-electron chi connectivity index (χ3n) is 3.68. The van der Waals surface area contributed by atoms with E-state index in [0.717, 1.165) is 18.5 Å². The van der Waals surface area contributed by atoms with Crippen LogP contribution in [0.25, 0.3) is 0 Å².